The lowest BCUT2D eigenvalue weighted by atomic mass is 9.97. The standard InChI is InChI=1S/C20H20N6O7S3/c1-33-20(23-15(27)13(22-19(21)31)11-4-3-7-34-11)17(30)26-14(16(28)29)10(9-36-18(20)26)8-35-12-5-2-6-25(32)24-12/h2-7,13,18H,8-9H2,1H3,(H,23,27)(H,28,29)(H3,21,22,31)/t13?,18?,20-/m0/s1. The number of carboxylic acids is 1. The van der Waals surface area contributed by atoms with Crippen molar-refractivity contribution in [2.75, 3.05) is 18.6 Å². The van der Waals surface area contributed by atoms with Crippen molar-refractivity contribution in [1.29, 1.82) is 0 Å². The van der Waals surface area contributed by atoms with Gasteiger partial charge in [0.2, 0.25) is 6.20 Å². The number of carbonyl (C=O) groups is 4. The van der Waals surface area contributed by atoms with Crippen molar-refractivity contribution in [2.24, 2.45) is 5.73 Å². The first-order chi connectivity index (χ1) is 17.2. The molecule has 1 fully saturated rings. The highest BCUT2D eigenvalue weighted by molar-refractivity contribution is 8.01. The molecule has 0 aromatic carbocycles. The Labute approximate surface area is 216 Å². The molecule has 5 N–H and O–H groups in total. The Balaban J connectivity index is 1.56. The van der Waals surface area contributed by atoms with E-state index in [1.54, 1.807) is 23.6 Å². The van der Waals surface area contributed by atoms with Crippen LogP contribution in [0.3, 0.4) is 0 Å². The molecule has 2 aromatic rings. The van der Waals surface area contributed by atoms with Crippen molar-refractivity contribution in [2.45, 2.75) is 22.2 Å². The number of thioether (sulfide) groups is 2. The fourth-order valence-electron chi connectivity index (χ4n) is 3.77. The van der Waals surface area contributed by atoms with Gasteiger partial charge in [0.05, 0.1) is 0 Å². The molecule has 2 aromatic heterocycles. The summed E-state index contributed by atoms with van der Waals surface area (Å²) in [5, 5.41) is 31.2. The van der Waals surface area contributed by atoms with Crippen LogP contribution in [0.25, 0.3) is 0 Å². The highest BCUT2D eigenvalue weighted by atomic mass is 32.2. The van der Waals surface area contributed by atoms with E-state index in [1.165, 1.54) is 42.5 Å². The molecule has 3 atom stereocenters. The highest BCUT2D eigenvalue weighted by Gasteiger charge is 2.67. The SMILES string of the molecule is CO[C@@]1(NC(=O)C(NC(N)=O)c2cccs2)C(=O)N2C(C(=O)O)=C(CSc3ccc[n+]([O-])n3)CSC21. The summed E-state index contributed by atoms with van der Waals surface area (Å²) in [5.74, 6) is -2.42. The van der Waals surface area contributed by atoms with Gasteiger partial charge in [-0.1, -0.05) is 22.7 Å². The van der Waals surface area contributed by atoms with E-state index in [0.29, 0.717) is 20.3 Å². The van der Waals surface area contributed by atoms with Crippen LogP contribution in [0, 0.1) is 5.21 Å². The van der Waals surface area contributed by atoms with Crippen LogP contribution in [-0.2, 0) is 19.1 Å². The average Bonchev–Trinajstić information content (AvgIpc) is 3.38. The molecule has 0 spiro atoms. The van der Waals surface area contributed by atoms with Crippen molar-refractivity contribution >= 4 is 58.7 Å². The lowest BCUT2D eigenvalue weighted by Crippen LogP contribution is -2.81. The Kier molecular flexibility index (Phi) is 7.39. The van der Waals surface area contributed by atoms with Crippen LogP contribution in [0.1, 0.15) is 10.9 Å². The van der Waals surface area contributed by atoms with E-state index in [9.17, 15) is 29.5 Å². The number of urea groups is 1. The molecule has 4 amide bonds. The van der Waals surface area contributed by atoms with E-state index in [4.69, 9.17) is 10.5 Å². The number of hydrogen-bond acceptors (Lipinski definition) is 10. The van der Waals surface area contributed by atoms with Crippen molar-refractivity contribution in [3.05, 3.63) is 57.2 Å². The fourth-order valence-corrected chi connectivity index (χ4v) is 6.99. The molecule has 36 heavy (non-hydrogen) atoms. The first-order valence-electron chi connectivity index (χ1n) is 10.2. The topological polar surface area (TPSA) is 191 Å². The monoisotopic (exact) mass is 552 g/mol. The van der Waals surface area contributed by atoms with Gasteiger partial charge in [0.1, 0.15) is 17.1 Å². The minimum atomic E-state index is -1.84. The number of nitrogens with zero attached hydrogens (tertiary/aromatic N) is 3. The molecule has 190 valence electrons. The molecule has 16 heteroatoms. The third-order valence-corrected chi connectivity index (χ3v) is 8.68. The smallest absolute Gasteiger partial charge is 0.352 e. The zero-order chi connectivity index (χ0) is 26.0. The number of carbonyl (C=O) groups excluding carboxylic acids is 3. The molecule has 0 saturated carbocycles. The number of ether oxygens (including phenoxy) is 1. The molecule has 0 bridgehead atoms. The van der Waals surface area contributed by atoms with E-state index in [2.05, 4.69) is 15.7 Å². The summed E-state index contributed by atoms with van der Waals surface area (Å²) in [6.45, 7) is 0. The maximum absolute atomic E-state index is 13.3. The van der Waals surface area contributed by atoms with Gasteiger partial charge in [-0.25, -0.2) is 9.59 Å². The average molecular weight is 553 g/mol. The van der Waals surface area contributed by atoms with Crippen LogP contribution in [0.15, 0.2) is 52.1 Å². The number of hydrogen-bond donors (Lipinski definition) is 4. The minimum absolute atomic E-state index is 0.178. The Hall–Kier alpha value is -3.34. The molecule has 2 aliphatic heterocycles. The van der Waals surface area contributed by atoms with Gasteiger partial charge in [0.25, 0.3) is 17.5 Å². The Morgan fingerprint density at radius 1 is 1.44 bits per heavy atom. The van der Waals surface area contributed by atoms with Gasteiger partial charge in [0, 0.05) is 34.7 Å². The predicted octanol–water partition coefficient (Wildman–Crippen LogP) is -0.00910. The molecule has 13 nitrogen and oxygen atoms in total. The number of aliphatic carboxylic acids is 1. The normalized spacial score (nSPS) is 21.9. The summed E-state index contributed by atoms with van der Waals surface area (Å²) < 4.78 is 5.45. The summed E-state index contributed by atoms with van der Waals surface area (Å²) in [5.41, 5.74) is 3.62. The number of β-lactam (4-membered cyclic amide) rings is 1. The van der Waals surface area contributed by atoms with Crippen molar-refractivity contribution in [3.63, 3.8) is 0 Å². The van der Waals surface area contributed by atoms with E-state index >= 15 is 0 Å². The molecule has 0 aliphatic carbocycles. The molecule has 1 saturated heterocycles. The molecular weight excluding hydrogens is 532 g/mol. The number of aromatic nitrogens is 2. The van der Waals surface area contributed by atoms with Crippen LogP contribution in [0.2, 0.25) is 0 Å². The number of fused-ring (bicyclic) bond motifs is 1. The van der Waals surface area contributed by atoms with Crippen LogP contribution >= 0.6 is 34.9 Å². The number of nitrogens with two attached hydrogens (primary N) is 1. The van der Waals surface area contributed by atoms with Gasteiger partial charge in [-0.15, -0.1) is 23.1 Å². The van der Waals surface area contributed by atoms with Gasteiger partial charge in [0.15, 0.2) is 5.03 Å². The fraction of sp³-hybridized carbons (Fsp3) is 0.300. The summed E-state index contributed by atoms with van der Waals surface area (Å²) in [6, 6.07) is 4.34. The third kappa shape index (κ3) is 4.71. The Morgan fingerprint density at radius 3 is 2.83 bits per heavy atom. The van der Waals surface area contributed by atoms with E-state index in [0.717, 1.165) is 16.7 Å². The quantitative estimate of drug-likeness (QED) is 0.108. The van der Waals surface area contributed by atoms with E-state index in [1.807, 2.05) is 0 Å². The minimum Gasteiger partial charge on any atom is -0.594 e. The first kappa shape index (κ1) is 25.7. The second kappa shape index (κ2) is 10.3. The maximum Gasteiger partial charge on any atom is 0.352 e. The molecule has 0 radical (unpaired) electrons. The van der Waals surface area contributed by atoms with Crippen LogP contribution < -0.4 is 21.2 Å². The van der Waals surface area contributed by atoms with Crippen molar-refractivity contribution in [1.82, 2.24) is 20.6 Å². The number of rotatable bonds is 9. The zero-order valence-corrected chi connectivity index (χ0v) is 21.0. The molecule has 2 aliphatic rings. The number of amides is 4. The zero-order valence-electron chi connectivity index (χ0n) is 18.6. The lowest BCUT2D eigenvalue weighted by molar-refractivity contribution is -0.672. The van der Waals surface area contributed by atoms with Crippen molar-refractivity contribution in [3.8, 4) is 0 Å². The van der Waals surface area contributed by atoms with Gasteiger partial charge in [-0.05, 0) is 23.1 Å². The number of thiophene rings is 1. The summed E-state index contributed by atoms with van der Waals surface area (Å²) in [4.78, 5) is 52.0. The molecule has 2 unspecified atom stereocenters. The second-order valence-electron chi connectivity index (χ2n) is 7.52. The van der Waals surface area contributed by atoms with Crippen LogP contribution in [0.5, 0.6) is 0 Å². The van der Waals surface area contributed by atoms with Crippen LogP contribution in [-0.4, -0.2) is 68.6 Å². The third-order valence-electron chi connectivity index (χ3n) is 5.36. The summed E-state index contributed by atoms with van der Waals surface area (Å²) in [6.07, 6.45) is 1.23. The molecule has 4 heterocycles. The number of nitrogens with one attached hydrogen (secondary N) is 2. The summed E-state index contributed by atoms with van der Waals surface area (Å²) in [7, 11) is 1.23. The van der Waals surface area contributed by atoms with E-state index < -0.39 is 41.0 Å². The summed E-state index contributed by atoms with van der Waals surface area (Å²) >= 11 is 3.58. The number of carboxylic acid groups (broad SMARTS) is 1. The van der Waals surface area contributed by atoms with Gasteiger partial charge in [-0.2, -0.15) is 0 Å². The lowest BCUT2D eigenvalue weighted by Gasteiger charge is -2.56. The largest absolute Gasteiger partial charge is 0.594 e. The second-order valence-corrected chi connectivity index (χ2v) is 10.6. The van der Waals surface area contributed by atoms with Gasteiger partial charge >= 0.3 is 12.0 Å². The molecular formula is C20H20N6O7S3. The molecule has 4 rings (SSSR count). The van der Waals surface area contributed by atoms with Crippen molar-refractivity contribution < 1.29 is 33.9 Å². The highest BCUT2D eigenvalue weighted by Crippen LogP contribution is 2.47. The maximum atomic E-state index is 13.3. The number of primary amides is 1. The van der Waals surface area contributed by atoms with Crippen LogP contribution in [0.4, 0.5) is 4.79 Å². The van der Waals surface area contributed by atoms with Gasteiger partial charge in [-0.3, -0.25) is 14.5 Å². The number of methoxy groups -OCH3 is 1. The first-order valence-corrected chi connectivity index (χ1v) is 13.2. The Bertz CT molecular complexity index is 1240. The van der Waals surface area contributed by atoms with Gasteiger partial charge < -0.3 is 31.4 Å². The predicted molar refractivity (Wildman–Crippen MR) is 129 cm³/mol. The van der Waals surface area contributed by atoms with E-state index in [-0.39, 0.29) is 17.2 Å². The Morgan fingerprint density at radius 2 is 2.22 bits per heavy atom.